The molecule has 0 N–H and O–H groups in total. The van der Waals surface area contributed by atoms with E-state index in [1.807, 2.05) is 67.6 Å². The van der Waals surface area contributed by atoms with Crippen LogP contribution in [-0.4, -0.2) is 30.9 Å². The lowest BCUT2D eigenvalue weighted by Gasteiger charge is -2.48. The Hall–Kier alpha value is -2.89. The van der Waals surface area contributed by atoms with Crippen LogP contribution in [0.25, 0.3) is 10.8 Å². The van der Waals surface area contributed by atoms with E-state index >= 15 is 0 Å². The minimum Gasteiger partial charge on any atom is -0.496 e. The number of benzene rings is 3. The molecule has 0 radical (unpaired) electrons. The molecule has 5 unspecified atom stereocenters. The third kappa shape index (κ3) is 4.20. The van der Waals surface area contributed by atoms with E-state index < -0.39 is 11.4 Å². The molecule has 6 rings (SSSR count). The molecule has 5 atom stereocenters. The van der Waals surface area contributed by atoms with Crippen molar-refractivity contribution in [3.8, 4) is 5.75 Å². The summed E-state index contributed by atoms with van der Waals surface area (Å²) >= 11 is 0. The molecule has 2 bridgehead atoms. The first-order valence-corrected chi connectivity index (χ1v) is 14.1. The van der Waals surface area contributed by atoms with Crippen molar-refractivity contribution in [2.45, 2.75) is 75.8 Å². The van der Waals surface area contributed by atoms with Gasteiger partial charge in [-0.3, -0.25) is 0 Å². The molecule has 5 heteroatoms. The molecule has 2 saturated carbocycles. The van der Waals surface area contributed by atoms with E-state index in [4.69, 9.17) is 18.9 Å². The summed E-state index contributed by atoms with van der Waals surface area (Å²) in [5.41, 5.74) is -0.0946. The molecule has 1 aliphatic heterocycles. The Kier molecular flexibility index (Phi) is 6.48. The SMILES string of the molecule is CCC1CC2CCCC(OC(=O)C3(C)COC(c4ccccc4)(c4ccc5ccccc5c4OC)O3)(C1)C2. The Balaban J connectivity index is 1.38. The zero-order chi connectivity index (χ0) is 26.4. The summed E-state index contributed by atoms with van der Waals surface area (Å²) in [5.74, 6) is 0.300. The second-order valence-electron chi connectivity index (χ2n) is 11.7. The Morgan fingerprint density at radius 2 is 1.82 bits per heavy atom. The number of carbonyl (C=O) groups excluding carboxylic acids is 1. The van der Waals surface area contributed by atoms with E-state index in [2.05, 4.69) is 13.0 Å². The lowest BCUT2D eigenvalue weighted by atomic mass is 9.64. The molecule has 5 nitrogen and oxygen atoms in total. The van der Waals surface area contributed by atoms with E-state index in [1.165, 1.54) is 12.8 Å². The van der Waals surface area contributed by atoms with Gasteiger partial charge in [-0.2, -0.15) is 0 Å². The number of rotatable bonds is 6. The summed E-state index contributed by atoms with van der Waals surface area (Å²) in [6.07, 6.45) is 7.60. The molecule has 3 aromatic carbocycles. The highest BCUT2D eigenvalue weighted by molar-refractivity contribution is 5.90. The van der Waals surface area contributed by atoms with Gasteiger partial charge >= 0.3 is 5.97 Å². The predicted molar refractivity (Wildman–Crippen MR) is 147 cm³/mol. The van der Waals surface area contributed by atoms with Gasteiger partial charge in [0.1, 0.15) is 11.4 Å². The monoisotopic (exact) mass is 514 g/mol. The fourth-order valence-electron chi connectivity index (χ4n) is 7.19. The number of carbonyl (C=O) groups is 1. The van der Waals surface area contributed by atoms with Crippen LogP contribution >= 0.6 is 0 Å². The molecule has 2 aliphatic carbocycles. The fourth-order valence-corrected chi connectivity index (χ4v) is 7.19. The van der Waals surface area contributed by atoms with Gasteiger partial charge in [-0.1, -0.05) is 80.4 Å². The van der Waals surface area contributed by atoms with Crippen LogP contribution in [0.4, 0.5) is 0 Å². The molecule has 1 saturated heterocycles. The van der Waals surface area contributed by atoms with Crippen LogP contribution in [0.3, 0.4) is 0 Å². The lowest BCUT2D eigenvalue weighted by molar-refractivity contribution is -0.207. The molecule has 3 fully saturated rings. The topological polar surface area (TPSA) is 54.0 Å². The molecule has 3 aliphatic rings. The zero-order valence-corrected chi connectivity index (χ0v) is 22.7. The molecule has 0 aromatic heterocycles. The first-order chi connectivity index (χ1) is 18.4. The maximum Gasteiger partial charge on any atom is 0.341 e. The minimum absolute atomic E-state index is 0.0907. The summed E-state index contributed by atoms with van der Waals surface area (Å²) in [7, 11) is 1.66. The summed E-state index contributed by atoms with van der Waals surface area (Å²) < 4.78 is 25.8. The first-order valence-electron chi connectivity index (χ1n) is 14.1. The molecule has 0 spiro atoms. The van der Waals surface area contributed by atoms with E-state index in [0.717, 1.165) is 54.0 Å². The Labute approximate surface area is 225 Å². The van der Waals surface area contributed by atoms with Gasteiger partial charge in [-0.25, -0.2) is 4.79 Å². The summed E-state index contributed by atoms with van der Waals surface area (Å²) in [5, 5.41) is 2.02. The third-order valence-corrected chi connectivity index (χ3v) is 9.06. The summed E-state index contributed by atoms with van der Waals surface area (Å²) in [6, 6.07) is 22.0. The van der Waals surface area contributed by atoms with Crippen LogP contribution in [0.2, 0.25) is 0 Å². The Morgan fingerprint density at radius 1 is 1.03 bits per heavy atom. The van der Waals surface area contributed by atoms with E-state index in [1.54, 1.807) is 7.11 Å². The van der Waals surface area contributed by atoms with Crippen molar-refractivity contribution in [1.29, 1.82) is 0 Å². The van der Waals surface area contributed by atoms with Crippen molar-refractivity contribution in [3.05, 3.63) is 77.9 Å². The number of ether oxygens (including phenoxy) is 4. The van der Waals surface area contributed by atoms with Gasteiger partial charge in [-0.05, 0) is 62.3 Å². The van der Waals surface area contributed by atoms with Crippen molar-refractivity contribution in [2.24, 2.45) is 11.8 Å². The van der Waals surface area contributed by atoms with E-state index in [9.17, 15) is 4.79 Å². The molecule has 200 valence electrons. The fraction of sp³-hybridized carbons (Fsp3) is 0.485. The average Bonchev–Trinajstić information content (AvgIpc) is 3.32. The summed E-state index contributed by atoms with van der Waals surface area (Å²) in [4.78, 5) is 14.0. The highest BCUT2D eigenvalue weighted by atomic mass is 16.8. The standard InChI is InChI=1S/C33H38O5/c1-4-23-19-24-11-10-18-32(20-23,21-24)37-30(34)31(2)22-36-33(38-31,26-13-6-5-7-14-26)28-17-16-25-12-8-9-15-27(25)29(28)35-3/h5-9,12-17,23-24H,4,10-11,18-22H2,1-3H3. The smallest absolute Gasteiger partial charge is 0.341 e. The van der Waals surface area contributed by atoms with Crippen molar-refractivity contribution in [2.75, 3.05) is 13.7 Å². The van der Waals surface area contributed by atoms with Crippen LogP contribution < -0.4 is 4.74 Å². The Morgan fingerprint density at radius 3 is 2.61 bits per heavy atom. The lowest BCUT2D eigenvalue weighted by Crippen LogP contribution is -2.51. The van der Waals surface area contributed by atoms with E-state index in [0.29, 0.717) is 17.6 Å². The van der Waals surface area contributed by atoms with Gasteiger partial charge in [0.15, 0.2) is 5.60 Å². The van der Waals surface area contributed by atoms with Crippen LogP contribution in [-0.2, 0) is 24.8 Å². The maximum atomic E-state index is 14.0. The van der Waals surface area contributed by atoms with Gasteiger partial charge < -0.3 is 18.9 Å². The average molecular weight is 515 g/mol. The number of esters is 1. The maximum absolute atomic E-state index is 14.0. The van der Waals surface area contributed by atoms with Gasteiger partial charge in [0.05, 0.1) is 19.3 Å². The normalized spacial score (nSPS) is 32.7. The Bertz CT molecular complexity index is 1320. The minimum atomic E-state index is -1.31. The van der Waals surface area contributed by atoms with Crippen molar-refractivity contribution < 1.29 is 23.7 Å². The number of methoxy groups -OCH3 is 1. The summed E-state index contributed by atoms with van der Waals surface area (Å²) in [6.45, 7) is 4.15. The molecular weight excluding hydrogens is 476 g/mol. The van der Waals surface area contributed by atoms with E-state index in [-0.39, 0.29) is 18.2 Å². The van der Waals surface area contributed by atoms with Crippen molar-refractivity contribution >= 4 is 16.7 Å². The van der Waals surface area contributed by atoms with Crippen LogP contribution in [0, 0.1) is 11.8 Å². The second kappa shape index (κ2) is 9.69. The number of hydrogen-bond donors (Lipinski definition) is 0. The third-order valence-electron chi connectivity index (χ3n) is 9.06. The van der Waals surface area contributed by atoms with Crippen LogP contribution in [0.1, 0.15) is 69.9 Å². The predicted octanol–water partition coefficient (Wildman–Crippen LogP) is 7.15. The number of hydrogen-bond acceptors (Lipinski definition) is 5. The molecular formula is C33H38O5. The molecule has 0 amide bonds. The number of fused-ring (bicyclic) bond motifs is 3. The first kappa shape index (κ1) is 25.4. The van der Waals surface area contributed by atoms with Crippen molar-refractivity contribution in [1.82, 2.24) is 0 Å². The zero-order valence-electron chi connectivity index (χ0n) is 22.7. The van der Waals surface area contributed by atoms with Gasteiger partial charge in [0.2, 0.25) is 5.79 Å². The van der Waals surface area contributed by atoms with Gasteiger partial charge in [0, 0.05) is 10.9 Å². The molecule has 3 aromatic rings. The molecule has 1 heterocycles. The van der Waals surface area contributed by atoms with Gasteiger partial charge in [-0.15, -0.1) is 0 Å². The largest absolute Gasteiger partial charge is 0.496 e. The molecule has 38 heavy (non-hydrogen) atoms. The van der Waals surface area contributed by atoms with Crippen LogP contribution in [0.5, 0.6) is 5.75 Å². The quantitative estimate of drug-likeness (QED) is 0.327. The highest BCUT2D eigenvalue weighted by Gasteiger charge is 2.58. The van der Waals surface area contributed by atoms with Gasteiger partial charge in [0.25, 0.3) is 0 Å². The van der Waals surface area contributed by atoms with Crippen LogP contribution in [0.15, 0.2) is 66.7 Å². The van der Waals surface area contributed by atoms with Crippen molar-refractivity contribution in [3.63, 3.8) is 0 Å². The highest BCUT2D eigenvalue weighted by Crippen LogP contribution is 2.52. The second-order valence-corrected chi connectivity index (χ2v) is 11.7.